The highest BCUT2D eigenvalue weighted by Gasteiger charge is 2.17. The van der Waals surface area contributed by atoms with E-state index in [0.717, 1.165) is 17.5 Å². The maximum Gasteiger partial charge on any atom is 0.251 e. The Morgan fingerprint density at radius 2 is 1.86 bits per heavy atom. The van der Waals surface area contributed by atoms with Crippen LogP contribution in [0.5, 0.6) is 0 Å². The van der Waals surface area contributed by atoms with Crippen molar-refractivity contribution in [2.75, 3.05) is 11.0 Å². The molecule has 1 heterocycles. The number of anilines is 1. The maximum atomic E-state index is 13.1. The smallest absolute Gasteiger partial charge is 0.251 e. The monoisotopic (exact) mass is 416 g/mol. The van der Waals surface area contributed by atoms with E-state index in [4.69, 9.17) is 0 Å². The molecule has 0 spiro atoms. The maximum absolute atomic E-state index is 13.1. The van der Waals surface area contributed by atoms with E-state index in [2.05, 4.69) is 15.1 Å². The molecular weight excluding hydrogens is 395 g/mol. The summed E-state index contributed by atoms with van der Waals surface area (Å²) >= 11 is 0. The molecule has 1 atom stereocenters. The van der Waals surface area contributed by atoms with Crippen LogP contribution in [-0.2, 0) is 10.0 Å². The van der Waals surface area contributed by atoms with Gasteiger partial charge in [-0.2, -0.15) is 5.10 Å². The zero-order chi connectivity index (χ0) is 21.2. The Kier molecular flexibility index (Phi) is 5.69. The number of aromatic nitrogens is 2. The molecule has 1 amide bonds. The van der Waals surface area contributed by atoms with Crippen molar-refractivity contribution in [2.24, 2.45) is 0 Å². The van der Waals surface area contributed by atoms with Crippen molar-refractivity contribution in [3.05, 3.63) is 77.4 Å². The molecule has 0 saturated carbocycles. The molecule has 3 aromatic rings. The first kappa shape index (κ1) is 20.5. The molecule has 0 aliphatic rings. The van der Waals surface area contributed by atoms with E-state index in [-0.39, 0.29) is 17.8 Å². The van der Waals surface area contributed by atoms with Crippen LogP contribution >= 0.6 is 0 Å². The van der Waals surface area contributed by atoms with Crippen LogP contribution in [0.2, 0.25) is 0 Å². The lowest BCUT2D eigenvalue weighted by molar-refractivity contribution is 0.0940. The number of benzene rings is 2. The molecule has 0 radical (unpaired) electrons. The second-order valence-corrected chi connectivity index (χ2v) is 8.47. The van der Waals surface area contributed by atoms with Gasteiger partial charge in [-0.1, -0.05) is 6.07 Å². The molecule has 9 heteroatoms. The molecule has 2 aromatic carbocycles. The number of carbonyl (C=O) groups excluding carboxylic acids is 1. The predicted molar refractivity (Wildman–Crippen MR) is 109 cm³/mol. The Labute approximate surface area is 168 Å². The fourth-order valence-corrected chi connectivity index (χ4v) is 3.54. The molecule has 0 aliphatic heterocycles. The highest BCUT2D eigenvalue weighted by Crippen LogP contribution is 2.21. The van der Waals surface area contributed by atoms with Crippen LogP contribution in [0.25, 0.3) is 5.69 Å². The topological polar surface area (TPSA) is 93.1 Å². The minimum absolute atomic E-state index is 0.313. The van der Waals surface area contributed by atoms with Crippen LogP contribution in [0.15, 0.2) is 54.7 Å². The normalized spacial score (nSPS) is 12.4. The summed E-state index contributed by atoms with van der Waals surface area (Å²) in [5.74, 6) is -0.671. The lowest BCUT2D eigenvalue weighted by atomic mass is 10.1. The molecule has 0 saturated heterocycles. The first-order chi connectivity index (χ1) is 13.6. The zero-order valence-electron chi connectivity index (χ0n) is 16.2. The molecule has 29 heavy (non-hydrogen) atoms. The van der Waals surface area contributed by atoms with E-state index in [0.29, 0.717) is 16.9 Å². The molecule has 3 rings (SSSR count). The Balaban J connectivity index is 1.77. The number of carbonyl (C=O) groups is 1. The van der Waals surface area contributed by atoms with Gasteiger partial charge in [0.05, 0.1) is 24.2 Å². The second kappa shape index (κ2) is 8.04. The molecule has 0 fully saturated rings. The molecule has 1 aromatic heterocycles. The molecule has 2 N–H and O–H groups in total. The SMILES string of the molecule is Cc1c([C@H](C)NC(=O)c2cccc(NS(C)(=O)=O)c2)cnn1-c1ccc(F)cc1. The van der Waals surface area contributed by atoms with Gasteiger partial charge in [0, 0.05) is 22.5 Å². The predicted octanol–water partition coefficient (Wildman–Crippen LogP) is 3.18. The summed E-state index contributed by atoms with van der Waals surface area (Å²) in [6.07, 6.45) is 2.70. The highest BCUT2D eigenvalue weighted by molar-refractivity contribution is 7.92. The molecule has 152 valence electrons. The van der Waals surface area contributed by atoms with Gasteiger partial charge in [-0.15, -0.1) is 0 Å². The lowest BCUT2D eigenvalue weighted by Crippen LogP contribution is -2.27. The van der Waals surface area contributed by atoms with Gasteiger partial charge in [-0.05, 0) is 56.3 Å². The van der Waals surface area contributed by atoms with Crippen LogP contribution in [0.4, 0.5) is 10.1 Å². The number of amides is 1. The first-order valence-electron chi connectivity index (χ1n) is 8.83. The van der Waals surface area contributed by atoms with E-state index in [1.807, 2.05) is 13.8 Å². The van der Waals surface area contributed by atoms with Gasteiger partial charge in [0.25, 0.3) is 5.91 Å². The van der Waals surface area contributed by atoms with E-state index in [1.165, 1.54) is 18.2 Å². The molecule has 0 aliphatic carbocycles. The van der Waals surface area contributed by atoms with Gasteiger partial charge < -0.3 is 5.32 Å². The Bertz CT molecular complexity index is 1140. The quantitative estimate of drug-likeness (QED) is 0.645. The third-order valence-corrected chi connectivity index (χ3v) is 4.97. The summed E-state index contributed by atoms with van der Waals surface area (Å²) in [7, 11) is -3.43. The summed E-state index contributed by atoms with van der Waals surface area (Å²) in [5, 5.41) is 7.23. The number of sulfonamides is 1. The van der Waals surface area contributed by atoms with Crippen molar-refractivity contribution in [1.82, 2.24) is 15.1 Å². The van der Waals surface area contributed by atoms with Gasteiger partial charge in [0.1, 0.15) is 5.82 Å². The number of hydrogen-bond donors (Lipinski definition) is 2. The van der Waals surface area contributed by atoms with Crippen molar-refractivity contribution >= 4 is 21.6 Å². The van der Waals surface area contributed by atoms with Crippen LogP contribution in [0.3, 0.4) is 0 Å². The van der Waals surface area contributed by atoms with Crippen LogP contribution in [0, 0.1) is 12.7 Å². The van der Waals surface area contributed by atoms with Crippen molar-refractivity contribution in [1.29, 1.82) is 0 Å². The van der Waals surface area contributed by atoms with Crippen molar-refractivity contribution in [3.8, 4) is 5.69 Å². The van der Waals surface area contributed by atoms with Gasteiger partial charge in [-0.25, -0.2) is 17.5 Å². The van der Waals surface area contributed by atoms with Crippen LogP contribution in [0.1, 0.15) is 34.6 Å². The highest BCUT2D eigenvalue weighted by atomic mass is 32.2. The molecule has 7 nitrogen and oxygen atoms in total. The number of hydrogen-bond acceptors (Lipinski definition) is 4. The largest absolute Gasteiger partial charge is 0.345 e. The standard InChI is InChI=1S/C20H21FN4O3S/c1-13(19-12-22-25(14(19)2)18-9-7-16(21)8-10-18)23-20(26)15-5-4-6-17(11-15)24-29(3,27)28/h4-13,24H,1-3H3,(H,23,26)/t13-/m0/s1. The summed E-state index contributed by atoms with van der Waals surface area (Å²) in [4.78, 5) is 12.6. The Morgan fingerprint density at radius 1 is 1.17 bits per heavy atom. The van der Waals surface area contributed by atoms with E-state index >= 15 is 0 Å². The van der Waals surface area contributed by atoms with Crippen molar-refractivity contribution < 1.29 is 17.6 Å². The minimum Gasteiger partial charge on any atom is -0.345 e. The average Bonchev–Trinajstić information content (AvgIpc) is 3.02. The van der Waals surface area contributed by atoms with Gasteiger partial charge in [-0.3, -0.25) is 9.52 Å². The van der Waals surface area contributed by atoms with Crippen molar-refractivity contribution in [3.63, 3.8) is 0 Å². The summed E-state index contributed by atoms with van der Waals surface area (Å²) in [6, 6.07) is 11.9. The third-order valence-electron chi connectivity index (χ3n) is 4.36. The Hall–Kier alpha value is -3.20. The Morgan fingerprint density at radius 3 is 2.52 bits per heavy atom. The van der Waals surface area contributed by atoms with E-state index in [1.54, 1.807) is 41.2 Å². The number of rotatable bonds is 6. The van der Waals surface area contributed by atoms with E-state index < -0.39 is 10.0 Å². The third kappa shape index (κ3) is 5.00. The molecular formula is C20H21FN4O3S. The fraction of sp³-hybridized carbons (Fsp3) is 0.200. The van der Waals surface area contributed by atoms with Gasteiger partial charge >= 0.3 is 0 Å². The zero-order valence-corrected chi connectivity index (χ0v) is 17.0. The second-order valence-electron chi connectivity index (χ2n) is 6.72. The van der Waals surface area contributed by atoms with Crippen molar-refractivity contribution in [2.45, 2.75) is 19.9 Å². The lowest BCUT2D eigenvalue weighted by Gasteiger charge is -2.15. The molecule has 0 unspecified atom stereocenters. The summed E-state index contributed by atoms with van der Waals surface area (Å²) in [5.41, 5.74) is 2.99. The number of nitrogens with one attached hydrogen (secondary N) is 2. The summed E-state index contributed by atoms with van der Waals surface area (Å²) in [6.45, 7) is 3.69. The number of nitrogens with zero attached hydrogens (tertiary/aromatic N) is 2. The van der Waals surface area contributed by atoms with Crippen LogP contribution < -0.4 is 10.0 Å². The average molecular weight is 416 g/mol. The first-order valence-corrected chi connectivity index (χ1v) is 10.7. The fourth-order valence-electron chi connectivity index (χ4n) is 2.99. The molecule has 0 bridgehead atoms. The minimum atomic E-state index is -3.43. The van der Waals surface area contributed by atoms with Gasteiger partial charge in [0.2, 0.25) is 10.0 Å². The van der Waals surface area contributed by atoms with E-state index in [9.17, 15) is 17.6 Å². The summed E-state index contributed by atoms with van der Waals surface area (Å²) < 4.78 is 39.9. The van der Waals surface area contributed by atoms with Crippen LogP contribution in [-0.4, -0.2) is 30.4 Å². The number of halogens is 1. The van der Waals surface area contributed by atoms with Gasteiger partial charge in [0.15, 0.2) is 0 Å².